The molecule has 0 bridgehead atoms. The lowest BCUT2D eigenvalue weighted by molar-refractivity contribution is 0.471. The van der Waals surface area contributed by atoms with E-state index in [-0.39, 0.29) is 0 Å². The van der Waals surface area contributed by atoms with Crippen LogP contribution in [-0.4, -0.2) is 22.6 Å². The maximum absolute atomic E-state index is 5.54. The molecule has 1 saturated heterocycles. The first-order valence-corrected chi connectivity index (χ1v) is 4.12. The Morgan fingerprint density at radius 2 is 2.50 bits per heavy atom. The third-order valence-electron chi connectivity index (χ3n) is 2.24. The molecule has 0 amide bonds. The molecule has 1 atom stereocenters. The average molecular weight is 164 g/mol. The fraction of sp³-hybridized carbons (Fsp3) is 0.500. The van der Waals surface area contributed by atoms with Crippen LogP contribution in [0.25, 0.3) is 0 Å². The molecule has 0 aliphatic carbocycles. The topological polar surface area (TPSA) is 55.0 Å². The molecule has 12 heavy (non-hydrogen) atoms. The third-order valence-corrected chi connectivity index (χ3v) is 2.24. The second kappa shape index (κ2) is 2.62. The minimum Gasteiger partial charge on any atom is -0.384 e. The van der Waals surface area contributed by atoms with Crippen LogP contribution in [0.2, 0.25) is 0 Å². The maximum Gasteiger partial charge on any atom is 0.227 e. The van der Waals surface area contributed by atoms with Crippen LogP contribution in [-0.2, 0) is 0 Å². The van der Waals surface area contributed by atoms with Crippen LogP contribution in [0.4, 0.5) is 11.8 Å². The van der Waals surface area contributed by atoms with Crippen LogP contribution in [0.3, 0.4) is 0 Å². The van der Waals surface area contributed by atoms with Gasteiger partial charge < -0.3 is 10.6 Å². The molecule has 0 aromatic carbocycles. The molecule has 1 aromatic heterocycles. The van der Waals surface area contributed by atoms with Crippen LogP contribution < -0.4 is 10.6 Å². The Labute approximate surface area is 71.4 Å². The highest BCUT2D eigenvalue weighted by atomic mass is 15.3. The number of hydrogen-bond acceptors (Lipinski definition) is 4. The third kappa shape index (κ3) is 1.09. The predicted molar refractivity (Wildman–Crippen MR) is 47.9 cm³/mol. The van der Waals surface area contributed by atoms with Gasteiger partial charge in [0.15, 0.2) is 0 Å². The lowest BCUT2D eigenvalue weighted by Gasteiger charge is -2.38. The standard InChI is InChI=1S/C8H12N4/c1-6-3-5-12(6)8-10-4-2-7(9)11-8/h2,4,6H,3,5H2,1H3,(H2,9,10,11)/t6-/m0/s1. The SMILES string of the molecule is C[C@H]1CCN1c1nccc(N)n1. The van der Waals surface area contributed by atoms with Crippen molar-refractivity contribution in [3.8, 4) is 0 Å². The summed E-state index contributed by atoms with van der Waals surface area (Å²) in [5, 5.41) is 0. The first-order chi connectivity index (χ1) is 5.77. The number of nitrogens with zero attached hydrogens (tertiary/aromatic N) is 3. The first kappa shape index (κ1) is 7.34. The molecule has 1 aliphatic rings. The van der Waals surface area contributed by atoms with E-state index in [1.54, 1.807) is 12.3 Å². The number of hydrogen-bond donors (Lipinski definition) is 1. The van der Waals surface area contributed by atoms with E-state index in [9.17, 15) is 0 Å². The van der Waals surface area contributed by atoms with Gasteiger partial charge in [-0.05, 0) is 19.4 Å². The lowest BCUT2D eigenvalue weighted by atomic mass is 10.1. The Morgan fingerprint density at radius 3 is 3.00 bits per heavy atom. The van der Waals surface area contributed by atoms with Crippen molar-refractivity contribution in [2.75, 3.05) is 17.2 Å². The van der Waals surface area contributed by atoms with Crippen molar-refractivity contribution >= 4 is 11.8 Å². The van der Waals surface area contributed by atoms with Gasteiger partial charge in [-0.3, -0.25) is 0 Å². The fourth-order valence-corrected chi connectivity index (χ4v) is 1.31. The molecule has 2 N–H and O–H groups in total. The van der Waals surface area contributed by atoms with Crippen molar-refractivity contribution in [1.29, 1.82) is 0 Å². The minimum atomic E-state index is 0.541. The van der Waals surface area contributed by atoms with Gasteiger partial charge in [0, 0.05) is 18.8 Å². The van der Waals surface area contributed by atoms with Gasteiger partial charge in [-0.2, -0.15) is 4.98 Å². The monoisotopic (exact) mass is 164 g/mol. The van der Waals surface area contributed by atoms with Gasteiger partial charge in [0.1, 0.15) is 5.82 Å². The van der Waals surface area contributed by atoms with Crippen molar-refractivity contribution in [2.24, 2.45) is 0 Å². The Hall–Kier alpha value is -1.32. The van der Waals surface area contributed by atoms with E-state index in [1.807, 2.05) is 0 Å². The van der Waals surface area contributed by atoms with Crippen molar-refractivity contribution in [3.05, 3.63) is 12.3 Å². The molecule has 0 saturated carbocycles. The molecule has 2 rings (SSSR count). The molecule has 64 valence electrons. The first-order valence-electron chi connectivity index (χ1n) is 4.12. The molecule has 4 heteroatoms. The zero-order valence-electron chi connectivity index (χ0n) is 7.07. The Bertz CT molecular complexity index is 286. The molecule has 1 aliphatic heterocycles. The number of nitrogen functional groups attached to an aromatic ring is 1. The summed E-state index contributed by atoms with van der Waals surface area (Å²) in [6.45, 7) is 3.21. The zero-order chi connectivity index (χ0) is 8.55. The van der Waals surface area contributed by atoms with Crippen molar-refractivity contribution in [1.82, 2.24) is 9.97 Å². The highest BCUT2D eigenvalue weighted by Gasteiger charge is 2.25. The summed E-state index contributed by atoms with van der Waals surface area (Å²) in [5.74, 6) is 1.30. The van der Waals surface area contributed by atoms with E-state index in [0.717, 1.165) is 12.5 Å². The van der Waals surface area contributed by atoms with E-state index < -0.39 is 0 Å². The molecule has 0 radical (unpaired) electrons. The number of anilines is 2. The summed E-state index contributed by atoms with van der Waals surface area (Å²) in [7, 11) is 0. The van der Waals surface area contributed by atoms with Crippen LogP contribution in [0.5, 0.6) is 0 Å². The van der Waals surface area contributed by atoms with E-state index in [4.69, 9.17) is 5.73 Å². The molecular weight excluding hydrogens is 152 g/mol. The predicted octanol–water partition coefficient (Wildman–Crippen LogP) is 0.657. The summed E-state index contributed by atoms with van der Waals surface area (Å²) in [4.78, 5) is 10.4. The van der Waals surface area contributed by atoms with Gasteiger partial charge >= 0.3 is 0 Å². The molecule has 4 nitrogen and oxygen atoms in total. The minimum absolute atomic E-state index is 0.541. The highest BCUT2D eigenvalue weighted by Crippen LogP contribution is 2.22. The lowest BCUT2D eigenvalue weighted by Crippen LogP contribution is -2.46. The fourth-order valence-electron chi connectivity index (χ4n) is 1.31. The van der Waals surface area contributed by atoms with Crippen molar-refractivity contribution in [2.45, 2.75) is 19.4 Å². The highest BCUT2D eigenvalue weighted by molar-refractivity contribution is 5.40. The second-order valence-corrected chi connectivity index (χ2v) is 3.11. The van der Waals surface area contributed by atoms with Gasteiger partial charge in [-0.1, -0.05) is 0 Å². The Balaban J connectivity index is 2.22. The number of nitrogens with two attached hydrogens (primary N) is 1. The van der Waals surface area contributed by atoms with E-state index in [0.29, 0.717) is 11.9 Å². The van der Waals surface area contributed by atoms with Crippen molar-refractivity contribution in [3.63, 3.8) is 0 Å². The quantitative estimate of drug-likeness (QED) is 0.662. The molecule has 1 fully saturated rings. The summed E-state index contributed by atoms with van der Waals surface area (Å²) >= 11 is 0. The summed E-state index contributed by atoms with van der Waals surface area (Å²) in [6, 6.07) is 2.26. The van der Waals surface area contributed by atoms with Gasteiger partial charge in [0.05, 0.1) is 0 Å². The Morgan fingerprint density at radius 1 is 1.67 bits per heavy atom. The van der Waals surface area contributed by atoms with Crippen LogP contribution in [0.1, 0.15) is 13.3 Å². The Kier molecular flexibility index (Phi) is 1.60. The van der Waals surface area contributed by atoms with Gasteiger partial charge in [-0.25, -0.2) is 4.98 Å². The zero-order valence-corrected chi connectivity index (χ0v) is 7.07. The smallest absolute Gasteiger partial charge is 0.227 e. The maximum atomic E-state index is 5.54. The normalized spacial score (nSPS) is 22.1. The summed E-state index contributed by atoms with van der Waals surface area (Å²) in [5.41, 5.74) is 5.54. The van der Waals surface area contributed by atoms with E-state index in [1.165, 1.54) is 6.42 Å². The van der Waals surface area contributed by atoms with Crippen LogP contribution in [0.15, 0.2) is 12.3 Å². The largest absolute Gasteiger partial charge is 0.384 e. The molecule has 0 spiro atoms. The van der Waals surface area contributed by atoms with Gasteiger partial charge in [0.2, 0.25) is 5.95 Å². The van der Waals surface area contributed by atoms with E-state index >= 15 is 0 Å². The molecule has 1 aromatic rings. The molecule has 0 unspecified atom stereocenters. The molecular formula is C8H12N4. The summed E-state index contributed by atoms with van der Waals surface area (Å²) < 4.78 is 0. The van der Waals surface area contributed by atoms with Crippen LogP contribution >= 0.6 is 0 Å². The van der Waals surface area contributed by atoms with Crippen molar-refractivity contribution < 1.29 is 0 Å². The van der Waals surface area contributed by atoms with Crippen LogP contribution in [0, 0.1) is 0 Å². The number of rotatable bonds is 1. The van der Waals surface area contributed by atoms with Gasteiger partial charge in [-0.15, -0.1) is 0 Å². The summed E-state index contributed by atoms with van der Waals surface area (Å²) in [6.07, 6.45) is 2.92. The molecule has 2 heterocycles. The number of aromatic nitrogens is 2. The van der Waals surface area contributed by atoms with Gasteiger partial charge in [0.25, 0.3) is 0 Å². The van der Waals surface area contributed by atoms with E-state index in [2.05, 4.69) is 21.8 Å². The average Bonchev–Trinajstić information content (AvgIpc) is 2.02. The second-order valence-electron chi connectivity index (χ2n) is 3.11.